The van der Waals surface area contributed by atoms with E-state index in [0.29, 0.717) is 0 Å². The quantitative estimate of drug-likeness (QED) is 0.868. The van der Waals surface area contributed by atoms with Gasteiger partial charge in [-0.2, -0.15) is 0 Å². The molecule has 0 bridgehead atoms. The van der Waals surface area contributed by atoms with E-state index in [-0.39, 0.29) is 12.4 Å². The molecule has 0 aliphatic carbocycles. The minimum atomic E-state index is 0. The summed E-state index contributed by atoms with van der Waals surface area (Å²) in [5.41, 5.74) is 6.97. The second kappa shape index (κ2) is 8.48. The zero-order valence-corrected chi connectivity index (χ0v) is 14.1. The number of likely N-dealkylation sites (tertiary alicyclic amines) is 1. The molecular formula is C14H21BrCl2N2. The SMILES string of the molecule is Cl.NCCC1CCCN(Cc2ccc(Cl)c(Br)c2)C1. The van der Waals surface area contributed by atoms with Crippen molar-refractivity contribution in [1.29, 1.82) is 0 Å². The highest BCUT2D eigenvalue weighted by Crippen LogP contribution is 2.25. The van der Waals surface area contributed by atoms with Gasteiger partial charge in [0.15, 0.2) is 0 Å². The average Bonchev–Trinajstić information content (AvgIpc) is 2.35. The second-order valence-electron chi connectivity index (χ2n) is 5.07. The molecule has 108 valence electrons. The first-order valence-electron chi connectivity index (χ1n) is 6.55. The molecule has 1 aliphatic rings. The van der Waals surface area contributed by atoms with Gasteiger partial charge in [0, 0.05) is 17.6 Å². The molecule has 1 unspecified atom stereocenters. The highest BCUT2D eigenvalue weighted by molar-refractivity contribution is 9.10. The van der Waals surface area contributed by atoms with Crippen LogP contribution < -0.4 is 5.73 Å². The van der Waals surface area contributed by atoms with Gasteiger partial charge in [-0.25, -0.2) is 0 Å². The van der Waals surface area contributed by atoms with E-state index in [0.717, 1.165) is 34.9 Å². The van der Waals surface area contributed by atoms with Crippen LogP contribution in [0.25, 0.3) is 0 Å². The van der Waals surface area contributed by atoms with Crippen LogP contribution in [0.15, 0.2) is 22.7 Å². The maximum Gasteiger partial charge on any atom is 0.0548 e. The first kappa shape index (κ1) is 17.3. The van der Waals surface area contributed by atoms with E-state index in [4.69, 9.17) is 17.3 Å². The summed E-state index contributed by atoms with van der Waals surface area (Å²) in [5, 5.41) is 0.776. The smallest absolute Gasteiger partial charge is 0.0548 e. The third-order valence-corrected chi connectivity index (χ3v) is 4.78. The Kier molecular flexibility index (Phi) is 7.70. The largest absolute Gasteiger partial charge is 0.330 e. The lowest BCUT2D eigenvalue weighted by atomic mass is 9.94. The number of nitrogens with zero attached hydrogens (tertiary/aromatic N) is 1. The van der Waals surface area contributed by atoms with Crippen LogP contribution in [0.5, 0.6) is 0 Å². The third kappa shape index (κ3) is 5.24. The van der Waals surface area contributed by atoms with Crippen molar-refractivity contribution in [3.63, 3.8) is 0 Å². The maximum atomic E-state index is 6.01. The fourth-order valence-electron chi connectivity index (χ4n) is 2.66. The lowest BCUT2D eigenvalue weighted by Gasteiger charge is -2.32. The molecule has 5 heteroatoms. The Morgan fingerprint density at radius 1 is 1.42 bits per heavy atom. The number of benzene rings is 1. The third-order valence-electron chi connectivity index (χ3n) is 3.57. The summed E-state index contributed by atoms with van der Waals surface area (Å²) in [6.45, 7) is 4.20. The van der Waals surface area contributed by atoms with Crippen LogP contribution in [0.4, 0.5) is 0 Å². The molecule has 1 fully saturated rings. The van der Waals surface area contributed by atoms with E-state index >= 15 is 0 Å². The summed E-state index contributed by atoms with van der Waals surface area (Å²) < 4.78 is 0.984. The molecule has 2 rings (SSSR count). The van der Waals surface area contributed by atoms with Crippen molar-refractivity contribution in [1.82, 2.24) is 4.90 Å². The predicted molar refractivity (Wildman–Crippen MR) is 88.1 cm³/mol. The topological polar surface area (TPSA) is 29.3 Å². The highest BCUT2D eigenvalue weighted by atomic mass is 79.9. The van der Waals surface area contributed by atoms with Crippen LogP contribution in [-0.4, -0.2) is 24.5 Å². The standard InChI is InChI=1S/C14H20BrClN2.ClH/c15-13-8-12(3-4-14(13)16)10-18-7-1-2-11(9-18)5-6-17;/h3-4,8,11H,1-2,5-7,9-10,17H2;1H. The van der Waals surface area contributed by atoms with E-state index in [2.05, 4.69) is 33.0 Å². The van der Waals surface area contributed by atoms with Gasteiger partial charge in [0.1, 0.15) is 0 Å². The molecule has 0 aromatic heterocycles. The number of piperidine rings is 1. The van der Waals surface area contributed by atoms with Crippen LogP contribution in [0.3, 0.4) is 0 Å². The van der Waals surface area contributed by atoms with Gasteiger partial charge in [0.25, 0.3) is 0 Å². The minimum absolute atomic E-state index is 0. The van der Waals surface area contributed by atoms with Crippen LogP contribution >= 0.6 is 39.9 Å². The van der Waals surface area contributed by atoms with Crippen molar-refractivity contribution in [2.24, 2.45) is 11.7 Å². The van der Waals surface area contributed by atoms with Gasteiger partial charge in [0.05, 0.1) is 5.02 Å². The molecule has 1 aliphatic heterocycles. The Morgan fingerprint density at radius 2 is 2.21 bits per heavy atom. The second-order valence-corrected chi connectivity index (χ2v) is 6.33. The van der Waals surface area contributed by atoms with Gasteiger partial charge in [0.2, 0.25) is 0 Å². The molecule has 1 aromatic rings. The maximum absolute atomic E-state index is 6.01. The molecule has 2 nitrogen and oxygen atoms in total. The zero-order chi connectivity index (χ0) is 13.0. The molecule has 0 amide bonds. The van der Waals surface area contributed by atoms with Gasteiger partial charge < -0.3 is 5.73 Å². The van der Waals surface area contributed by atoms with E-state index in [1.165, 1.54) is 31.5 Å². The average molecular weight is 368 g/mol. The van der Waals surface area contributed by atoms with Crippen LogP contribution in [0.2, 0.25) is 5.02 Å². The predicted octanol–water partition coefficient (Wildman–Crippen LogP) is 4.09. The zero-order valence-electron chi connectivity index (χ0n) is 10.9. The van der Waals surface area contributed by atoms with E-state index in [1.54, 1.807) is 0 Å². The Bertz CT molecular complexity index is 399. The summed E-state index contributed by atoms with van der Waals surface area (Å²) in [5.74, 6) is 0.777. The first-order chi connectivity index (χ1) is 8.69. The summed E-state index contributed by atoms with van der Waals surface area (Å²) in [6, 6.07) is 6.19. The minimum Gasteiger partial charge on any atom is -0.330 e. The highest BCUT2D eigenvalue weighted by Gasteiger charge is 2.19. The summed E-state index contributed by atoms with van der Waals surface area (Å²) in [7, 11) is 0. The fraction of sp³-hybridized carbons (Fsp3) is 0.571. The molecule has 0 spiro atoms. The molecule has 1 heterocycles. The lowest BCUT2D eigenvalue weighted by Crippen LogP contribution is -2.35. The summed E-state index contributed by atoms with van der Waals surface area (Å²) in [6.07, 6.45) is 3.78. The van der Waals surface area contributed by atoms with Gasteiger partial charge in [-0.05, 0) is 71.9 Å². The van der Waals surface area contributed by atoms with Crippen LogP contribution in [-0.2, 0) is 6.54 Å². The Morgan fingerprint density at radius 3 is 2.89 bits per heavy atom. The molecule has 1 saturated heterocycles. The number of nitrogens with two attached hydrogens (primary N) is 1. The van der Waals surface area contributed by atoms with E-state index in [9.17, 15) is 0 Å². The first-order valence-corrected chi connectivity index (χ1v) is 7.72. The van der Waals surface area contributed by atoms with E-state index in [1.807, 2.05) is 6.07 Å². The van der Waals surface area contributed by atoms with Gasteiger partial charge in [-0.3, -0.25) is 4.90 Å². The molecule has 0 radical (unpaired) electrons. The number of hydrogen-bond acceptors (Lipinski definition) is 2. The van der Waals surface area contributed by atoms with Gasteiger partial charge in [-0.1, -0.05) is 17.7 Å². The van der Waals surface area contributed by atoms with Crippen molar-refractivity contribution in [3.05, 3.63) is 33.3 Å². The summed E-state index contributed by atoms with van der Waals surface area (Å²) in [4.78, 5) is 2.53. The summed E-state index contributed by atoms with van der Waals surface area (Å²) >= 11 is 9.49. The molecule has 1 atom stereocenters. The lowest BCUT2D eigenvalue weighted by molar-refractivity contribution is 0.163. The van der Waals surface area contributed by atoms with Crippen molar-refractivity contribution >= 4 is 39.9 Å². The monoisotopic (exact) mass is 366 g/mol. The number of halogens is 3. The molecular weight excluding hydrogens is 347 g/mol. The number of hydrogen-bond donors (Lipinski definition) is 1. The van der Waals surface area contributed by atoms with Crippen molar-refractivity contribution in [3.8, 4) is 0 Å². The van der Waals surface area contributed by atoms with Crippen LogP contribution in [0, 0.1) is 5.92 Å². The Balaban J connectivity index is 0.00000180. The molecule has 0 saturated carbocycles. The Labute approximate surface area is 135 Å². The molecule has 2 N–H and O–H groups in total. The fourth-order valence-corrected chi connectivity index (χ4v) is 3.21. The Hall–Kier alpha value is 0.200. The van der Waals surface area contributed by atoms with Gasteiger partial charge >= 0.3 is 0 Å². The van der Waals surface area contributed by atoms with Crippen molar-refractivity contribution in [2.45, 2.75) is 25.8 Å². The van der Waals surface area contributed by atoms with E-state index < -0.39 is 0 Å². The van der Waals surface area contributed by atoms with Gasteiger partial charge in [-0.15, -0.1) is 12.4 Å². The van der Waals surface area contributed by atoms with Crippen molar-refractivity contribution in [2.75, 3.05) is 19.6 Å². The van der Waals surface area contributed by atoms with Crippen LogP contribution in [0.1, 0.15) is 24.8 Å². The molecule has 19 heavy (non-hydrogen) atoms. The number of rotatable bonds is 4. The molecule has 1 aromatic carbocycles. The van der Waals surface area contributed by atoms with Crippen molar-refractivity contribution < 1.29 is 0 Å². The normalized spacial score (nSPS) is 20.1.